The van der Waals surface area contributed by atoms with E-state index in [2.05, 4.69) is 215 Å². The van der Waals surface area contributed by atoms with Crippen molar-refractivity contribution in [3.8, 4) is 45.0 Å². The number of benzene rings is 8. The Hall–Kier alpha value is -8.00. The molecule has 16 heteroatoms. The third-order valence-corrected chi connectivity index (χ3v) is 22.9. The van der Waals surface area contributed by atoms with E-state index in [-0.39, 0.29) is 120 Å². The summed E-state index contributed by atoms with van der Waals surface area (Å²) in [6.07, 6.45) is 13.9. The van der Waals surface area contributed by atoms with Gasteiger partial charge in [-0.25, -0.2) is 0 Å². The number of rotatable bonds is 10. The summed E-state index contributed by atoms with van der Waals surface area (Å²) in [5.41, 5.74) is 34.7. The van der Waals surface area contributed by atoms with Crippen molar-refractivity contribution < 1.29 is 121 Å². The van der Waals surface area contributed by atoms with Gasteiger partial charge in [-0.2, -0.15) is 0 Å². The Morgan fingerprint density at radius 2 is 0.680 bits per heavy atom. The van der Waals surface area contributed by atoms with Gasteiger partial charge in [0, 0.05) is 98.2 Å². The molecule has 0 fully saturated rings. The molecule has 0 aliphatic heterocycles. The molecule has 16 rings (SSSR count). The summed E-state index contributed by atoms with van der Waals surface area (Å²) in [5, 5.41) is 78.6. The van der Waals surface area contributed by atoms with E-state index in [9.17, 15) is 30.6 Å². The van der Waals surface area contributed by atoms with Gasteiger partial charge in [-0.15, -0.1) is 140 Å². The van der Waals surface area contributed by atoms with Crippen molar-refractivity contribution in [1.82, 2.24) is 19.9 Å². The minimum atomic E-state index is -0.605. The number of nitrogens with zero attached hydrogens (tertiary/aromatic N) is 4. The van der Waals surface area contributed by atoms with Gasteiger partial charge in [-0.3, -0.25) is 19.9 Å². The molecule has 4 atom stereocenters. The van der Waals surface area contributed by atoms with Crippen molar-refractivity contribution in [2.75, 3.05) is 0 Å². The number of aromatic nitrogens is 4. The Balaban J connectivity index is 0.000000263. The summed E-state index contributed by atoms with van der Waals surface area (Å²) in [6, 6.07) is 65.5. The van der Waals surface area contributed by atoms with Crippen molar-refractivity contribution in [2.24, 2.45) is 34.5 Å². The number of allylic oxidation sites excluding steroid dienone is 4. The van der Waals surface area contributed by atoms with E-state index in [1.54, 1.807) is 13.0 Å². The molecule has 8 N–H and O–H groups in total. The first kappa shape index (κ1) is 111. The standard InChI is InChI=1S/4C19H16N.2C11H22O2.C9H18O2.C5H10O2.4Ir/c4*1-12-6-7-14-11-15-8-9-16-13(2)4-3-5-17(16)19(15)20-18(14)10-12;1-10(2,3)8(12)7-9(13)11(4,5)6;1-8(2)5-10(12)7-11(13)6-9(3)4;1-6(2)8(10)5-9(11)7(3)4;1-4(6)3-5(2)7;;;;/h4*3-4,6-7,10-11H,8-9H2,1-2H3;7-8,12-13H,1-6H3;7-10,12-13H,5-6H2,1-4H3;5-8,10-11H,1-4H3;3-4,6-7H,1-2H3;;;;/q4*-1;;;;;;;;. The van der Waals surface area contributed by atoms with Crippen LogP contribution in [0.15, 0.2) is 193 Å². The fourth-order valence-electron chi connectivity index (χ4n) is 15.4. The summed E-state index contributed by atoms with van der Waals surface area (Å²) in [7, 11) is 0. The minimum Gasteiger partial charge on any atom is -0.513 e. The Morgan fingerprint density at radius 3 is 0.906 bits per heavy atom. The van der Waals surface area contributed by atoms with Gasteiger partial charge in [0.15, 0.2) is 0 Å². The average Bonchev–Trinajstić information content (AvgIpc) is 0.779. The zero-order valence-electron chi connectivity index (χ0n) is 79.6. The van der Waals surface area contributed by atoms with E-state index in [1.165, 1.54) is 158 Å². The molecule has 0 saturated carbocycles. The number of hydrogen-bond acceptors (Lipinski definition) is 12. The molecule has 4 aliphatic carbocycles. The zero-order valence-corrected chi connectivity index (χ0v) is 89.1. The maximum absolute atomic E-state index is 9.68. The molecule has 4 unspecified atom stereocenters. The Bertz CT molecular complexity index is 5270. The van der Waals surface area contributed by atoms with Crippen LogP contribution in [0.5, 0.6) is 0 Å². The van der Waals surface area contributed by atoms with Gasteiger partial charge >= 0.3 is 0 Å². The molecule has 692 valence electrons. The number of aliphatic hydroxyl groups excluding tert-OH is 8. The second-order valence-corrected chi connectivity index (χ2v) is 37.9. The second-order valence-electron chi connectivity index (χ2n) is 37.9. The fraction of sp³-hybridized carbons (Fsp3) is 0.393. The SMILES string of the molecule is CC(C)(C)C(O)=CC(O)C(C)(C)C.CC(C)C(O)=CC(O)C(C)C.CC(C)CC(O)=CC(O)CC(C)C.CC(O)=CC(C)O.Cc1ccc2cc3c(nc2c1)-c1[c-]ccc(C)c1CC3.Cc1ccc2cc3c(nc2c1)-c1[c-]ccc(C)c1CC3.Cc1ccc2cc3c(nc2c1)-c1[c-]ccc(C)c1CC3.Cc1ccc2cc3c(nc2c1)-c1[c-]ccc(C)c1CC3.[Ir].[Ir].[Ir].[Ir]. The van der Waals surface area contributed by atoms with Crippen LogP contribution in [-0.2, 0) is 132 Å². The molecule has 0 amide bonds. The van der Waals surface area contributed by atoms with Crippen LogP contribution in [0, 0.1) is 114 Å². The molecular weight excluding hydrogens is 2300 g/mol. The van der Waals surface area contributed by atoms with E-state index >= 15 is 0 Å². The normalized spacial score (nSPS) is 13.8. The quantitative estimate of drug-likeness (QED) is 0.0475. The van der Waals surface area contributed by atoms with Crippen molar-refractivity contribution >= 4 is 43.6 Å². The van der Waals surface area contributed by atoms with Crippen molar-refractivity contribution in [2.45, 2.75) is 255 Å². The van der Waals surface area contributed by atoms with Gasteiger partial charge in [0.2, 0.25) is 0 Å². The molecule has 4 aromatic heterocycles. The molecule has 12 aromatic rings. The topological polar surface area (TPSA) is 213 Å². The summed E-state index contributed by atoms with van der Waals surface area (Å²) in [4.78, 5) is 19.7. The van der Waals surface area contributed by atoms with Crippen LogP contribution in [0.25, 0.3) is 88.6 Å². The van der Waals surface area contributed by atoms with E-state index in [1.807, 2.05) is 107 Å². The molecule has 0 saturated heterocycles. The molecule has 0 bridgehead atoms. The Morgan fingerprint density at radius 1 is 0.383 bits per heavy atom. The predicted molar refractivity (Wildman–Crippen MR) is 517 cm³/mol. The van der Waals surface area contributed by atoms with Gasteiger partial charge < -0.3 is 40.9 Å². The van der Waals surface area contributed by atoms with Crippen LogP contribution in [0.1, 0.15) is 213 Å². The van der Waals surface area contributed by atoms with Crippen LogP contribution >= 0.6 is 0 Å². The smallest absolute Gasteiger partial charge is 0.0961 e. The van der Waals surface area contributed by atoms with Crippen LogP contribution in [0.3, 0.4) is 0 Å². The van der Waals surface area contributed by atoms with E-state index in [0.29, 0.717) is 30.4 Å². The summed E-state index contributed by atoms with van der Waals surface area (Å²) in [6.45, 7) is 47.6. The second kappa shape index (κ2) is 50.0. The maximum Gasteiger partial charge on any atom is 0.0961 e. The molecule has 128 heavy (non-hydrogen) atoms. The van der Waals surface area contributed by atoms with Gasteiger partial charge in [-0.1, -0.05) is 245 Å². The molecule has 8 aromatic carbocycles. The van der Waals surface area contributed by atoms with E-state index in [4.69, 9.17) is 30.1 Å². The first-order chi connectivity index (χ1) is 58.4. The largest absolute Gasteiger partial charge is 0.513 e. The monoisotopic (exact) mass is 2440 g/mol. The molecule has 12 nitrogen and oxygen atoms in total. The van der Waals surface area contributed by atoms with Crippen molar-refractivity contribution in [1.29, 1.82) is 0 Å². The van der Waals surface area contributed by atoms with Crippen LogP contribution in [0.4, 0.5) is 0 Å². The number of fused-ring (bicyclic) bond motifs is 16. The average molecular weight is 2440 g/mol. The van der Waals surface area contributed by atoms with Crippen LogP contribution < -0.4 is 0 Å². The molecule has 4 heterocycles. The van der Waals surface area contributed by atoms with Crippen LogP contribution in [0.2, 0.25) is 0 Å². The van der Waals surface area contributed by atoms with Gasteiger partial charge in [0.05, 0.1) is 69.5 Å². The molecular formula is C112H136Ir4N4O8-4. The van der Waals surface area contributed by atoms with E-state index in [0.717, 1.165) is 96.2 Å². The third kappa shape index (κ3) is 31.1. The number of hydrogen-bond donors (Lipinski definition) is 8. The maximum atomic E-state index is 9.68. The summed E-state index contributed by atoms with van der Waals surface area (Å²) in [5.74, 6) is 2.14. The molecule has 4 radical (unpaired) electrons. The molecule has 4 aliphatic rings. The fourth-order valence-corrected chi connectivity index (χ4v) is 15.4. The predicted octanol–water partition coefficient (Wildman–Crippen LogP) is 26.4. The van der Waals surface area contributed by atoms with Crippen LogP contribution in [-0.4, -0.2) is 85.2 Å². The molecule has 0 spiro atoms. The van der Waals surface area contributed by atoms with Crippen molar-refractivity contribution in [3.05, 3.63) is 306 Å². The van der Waals surface area contributed by atoms with Gasteiger partial charge in [0.1, 0.15) is 0 Å². The summed E-state index contributed by atoms with van der Waals surface area (Å²) >= 11 is 0. The first-order valence-electron chi connectivity index (χ1n) is 44.4. The Kier molecular flexibility index (Phi) is 43.2. The van der Waals surface area contributed by atoms with E-state index < -0.39 is 24.4 Å². The minimum absolute atomic E-state index is 0. The number of aryl methyl sites for hydroxylation is 12. The first-order valence-corrected chi connectivity index (χ1v) is 44.4. The number of pyridine rings is 4. The van der Waals surface area contributed by atoms with Crippen molar-refractivity contribution in [3.63, 3.8) is 0 Å². The Labute approximate surface area is 818 Å². The third-order valence-electron chi connectivity index (χ3n) is 22.9. The zero-order chi connectivity index (χ0) is 90.9. The van der Waals surface area contributed by atoms with Gasteiger partial charge in [-0.05, 0) is 212 Å². The van der Waals surface area contributed by atoms with Gasteiger partial charge in [0.25, 0.3) is 0 Å². The summed E-state index contributed by atoms with van der Waals surface area (Å²) < 4.78 is 0. The number of aliphatic hydroxyl groups is 8.